The fourth-order valence-corrected chi connectivity index (χ4v) is 1.78. The van der Waals surface area contributed by atoms with Crippen LogP contribution in [0.1, 0.15) is 29.7 Å². The molecule has 1 unspecified atom stereocenters. The lowest BCUT2D eigenvalue weighted by Gasteiger charge is -2.15. The lowest BCUT2D eigenvalue weighted by atomic mass is 10.1. The highest BCUT2D eigenvalue weighted by Gasteiger charge is 2.13. The van der Waals surface area contributed by atoms with E-state index in [0.717, 1.165) is 11.1 Å². The monoisotopic (exact) mass is 233 g/mol. The van der Waals surface area contributed by atoms with Crippen molar-refractivity contribution in [3.63, 3.8) is 0 Å². The molecular formula is C13H16FN3. The van der Waals surface area contributed by atoms with E-state index in [1.54, 1.807) is 23.9 Å². The number of nitrogen functional groups attached to an aromatic ring is 1. The van der Waals surface area contributed by atoms with Crippen LogP contribution in [0.3, 0.4) is 0 Å². The molecule has 0 saturated heterocycles. The van der Waals surface area contributed by atoms with E-state index in [1.165, 1.54) is 6.07 Å². The normalized spacial score (nSPS) is 12.7. The fraction of sp³-hybridized carbons (Fsp3) is 0.308. The van der Waals surface area contributed by atoms with Crippen LogP contribution in [-0.4, -0.2) is 9.78 Å². The van der Waals surface area contributed by atoms with Gasteiger partial charge in [0.15, 0.2) is 0 Å². The number of nitrogens with zero attached hydrogens (tertiary/aromatic N) is 2. The van der Waals surface area contributed by atoms with Crippen molar-refractivity contribution < 1.29 is 4.39 Å². The van der Waals surface area contributed by atoms with Gasteiger partial charge >= 0.3 is 0 Å². The van der Waals surface area contributed by atoms with Gasteiger partial charge < -0.3 is 5.73 Å². The molecule has 0 aliphatic rings. The van der Waals surface area contributed by atoms with Gasteiger partial charge in [-0.1, -0.05) is 12.1 Å². The van der Waals surface area contributed by atoms with Crippen LogP contribution in [0.15, 0.2) is 24.4 Å². The SMILES string of the molecule is Cc1ccc(C(C)n2ncc(C)c2N)cc1F. The van der Waals surface area contributed by atoms with E-state index in [2.05, 4.69) is 5.10 Å². The Balaban J connectivity index is 2.40. The molecule has 1 aromatic heterocycles. The van der Waals surface area contributed by atoms with Crippen molar-refractivity contribution in [1.82, 2.24) is 9.78 Å². The Bertz CT molecular complexity index is 546. The summed E-state index contributed by atoms with van der Waals surface area (Å²) in [5.74, 6) is 0.426. The molecule has 0 amide bonds. The van der Waals surface area contributed by atoms with Gasteiger partial charge in [0.1, 0.15) is 11.6 Å². The number of benzene rings is 1. The Hall–Kier alpha value is -1.84. The molecule has 1 aromatic carbocycles. The second-order valence-corrected chi connectivity index (χ2v) is 4.34. The number of aromatic nitrogens is 2. The van der Waals surface area contributed by atoms with E-state index in [9.17, 15) is 4.39 Å². The molecule has 1 atom stereocenters. The fourth-order valence-electron chi connectivity index (χ4n) is 1.78. The summed E-state index contributed by atoms with van der Waals surface area (Å²) in [6.45, 7) is 5.60. The number of hydrogen-bond donors (Lipinski definition) is 1. The maximum atomic E-state index is 13.5. The van der Waals surface area contributed by atoms with Crippen molar-refractivity contribution in [3.05, 3.63) is 46.9 Å². The number of rotatable bonds is 2. The summed E-state index contributed by atoms with van der Waals surface area (Å²) in [5, 5.41) is 4.21. The first-order valence-corrected chi connectivity index (χ1v) is 5.56. The zero-order chi connectivity index (χ0) is 12.6. The topological polar surface area (TPSA) is 43.8 Å². The molecule has 2 rings (SSSR count). The molecule has 0 radical (unpaired) electrons. The lowest BCUT2D eigenvalue weighted by molar-refractivity contribution is 0.561. The van der Waals surface area contributed by atoms with Crippen molar-refractivity contribution in [3.8, 4) is 0 Å². The minimum Gasteiger partial charge on any atom is -0.384 e. The first kappa shape index (κ1) is 11.6. The van der Waals surface area contributed by atoms with Crippen LogP contribution in [0, 0.1) is 19.7 Å². The van der Waals surface area contributed by atoms with Gasteiger partial charge in [-0.3, -0.25) is 0 Å². The Labute approximate surface area is 100 Å². The van der Waals surface area contributed by atoms with Crippen LogP contribution in [0.25, 0.3) is 0 Å². The first-order chi connectivity index (χ1) is 8.00. The number of anilines is 1. The third-order valence-corrected chi connectivity index (χ3v) is 3.07. The van der Waals surface area contributed by atoms with Gasteiger partial charge in [0, 0.05) is 5.56 Å². The molecule has 17 heavy (non-hydrogen) atoms. The van der Waals surface area contributed by atoms with Crippen molar-refractivity contribution in [2.75, 3.05) is 5.73 Å². The van der Waals surface area contributed by atoms with Crippen molar-refractivity contribution in [2.24, 2.45) is 0 Å². The maximum Gasteiger partial charge on any atom is 0.126 e. The Morgan fingerprint density at radius 1 is 1.29 bits per heavy atom. The molecule has 3 nitrogen and oxygen atoms in total. The van der Waals surface area contributed by atoms with E-state index in [4.69, 9.17) is 5.73 Å². The van der Waals surface area contributed by atoms with Crippen molar-refractivity contribution in [1.29, 1.82) is 0 Å². The third-order valence-electron chi connectivity index (χ3n) is 3.07. The number of nitrogens with two attached hydrogens (primary N) is 1. The van der Waals surface area contributed by atoms with Crippen LogP contribution < -0.4 is 5.73 Å². The van der Waals surface area contributed by atoms with Crippen molar-refractivity contribution >= 4 is 5.82 Å². The van der Waals surface area contributed by atoms with Crippen LogP contribution in [0.5, 0.6) is 0 Å². The molecule has 0 aliphatic carbocycles. The minimum atomic E-state index is -0.197. The van der Waals surface area contributed by atoms with Gasteiger partial charge in [-0.2, -0.15) is 5.10 Å². The highest BCUT2D eigenvalue weighted by molar-refractivity contribution is 5.39. The van der Waals surface area contributed by atoms with Crippen LogP contribution >= 0.6 is 0 Å². The molecule has 0 spiro atoms. The van der Waals surface area contributed by atoms with Gasteiger partial charge in [-0.15, -0.1) is 0 Å². The van der Waals surface area contributed by atoms with E-state index in [-0.39, 0.29) is 11.9 Å². The Kier molecular flexibility index (Phi) is 2.88. The molecule has 2 N–H and O–H groups in total. The van der Waals surface area contributed by atoms with E-state index < -0.39 is 0 Å². The smallest absolute Gasteiger partial charge is 0.126 e. The quantitative estimate of drug-likeness (QED) is 0.866. The third kappa shape index (κ3) is 2.02. The van der Waals surface area contributed by atoms with E-state index >= 15 is 0 Å². The minimum absolute atomic E-state index is 0.0706. The lowest BCUT2D eigenvalue weighted by Crippen LogP contribution is -2.12. The first-order valence-electron chi connectivity index (χ1n) is 5.56. The van der Waals surface area contributed by atoms with Crippen LogP contribution in [0.4, 0.5) is 10.2 Å². The average molecular weight is 233 g/mol. The van der Waals surface area contributed by atoms with Crippen molar-refractivity contribution in [2.45, 2.75) is 26.8 Å². The summed E-state index contributed by atoms with van der Waals surface area (Å²) < 4.78 is 15.2. The summed E-state index contributed by atoms with van der Waals surface area (Å²) in [6, 6.07) is 5.14. The van der Waals surface area contributed by atoms with Crippen LogP contribution in [0.2, 0.25) is 0 Å². The second-order valence-electron chi connectivity index (χ2n) is 4.34. The number of halogens is 1. The van der Waals surface area contributed by atoms with Gasteiger partial charge in [0.2, 0.25) is 0 Å². The highest BCUT2D eigenvalue weighted by atomic mass is 19.1. The second kappa shape index (κ2) is 4.20. The molecule has 0 fully saturated rings. The van der Waals surface area contributed by atoms with Gasteiger partial charge in [-0.25, -0.2) is 9.07 Å². The average Bonchev–Trinajstić information content (AvgIpc) is 2.63. The van der Waals surface area contributed by atoms with Gasteiger partial charge in [0.25, 0.3) is 0 Å². The molecule has 90 valence electrons. The van der Waals surface area contributed by atoms with Crippen LogP contribution in [-0.2, 0) is 0 Å². The summed E-state index contributed by atoms with van der Waals surface area (Å²) >= 11 is 0. The molecule has 0 bridgehead atoms. The van der Waals surface area contributed by atoms with Gasteiger partial charge in [0.05, 0.1) is 12.2 Å². The van der Waals surface area contributed by atoms with Gasteiger partial charge in [-0.05, 0) is 38.0 Å². The predicted molar refractivity (Wildman–Crippen MR) is 66.3 cm³/mol. The largest absolute Gasteiger partial charge is 0.384 e. The molecule has 2 aromatic rings. The highest BCUT2D eigenvalue weighted by Crippen LogP contribution is 2.23. The number of aryl methyl sites for hydroxylation is 2. The molecule has 4 heteroatoms. The summed E-state index contributed by atoms with van der Waals surface area (Å²) in [6.07, 6.45) is 1.72. The Morgan fingerprint density at radius 2 is 2.00 bits per heavy atom. The molecule has 0 aliphatic heterocycles. The summed E-state index contributed by atoms with van der Waals surface area (Å²) in [7, 11) is 0. The number of hydrogen-bond acceptors (Lipinski definition) is 2. The summed E-state index contributed by atoms with van der Waals surface area (Å²) in [4.78, 5) is 0. The van der Waals surface area contributed by atoms with E-state index in [1.807, 2.05) is 19.9 Å². The standard InChI is InChI=1S/C13H16FN3/c1-8-4-5-11(6-12(8)14)10(3)17-13(15)9(2)7-16-17/h4-7,10H,15H2,1-3H3. The molecule has 1 heterocycles. The van der Waals surface area contributed by atoms with E-state index in [0.29, 0.717) is 11.4 Å². The zero-order valence-corrected chi connectivity index (χ0v) is 10.2. The summed E-state index contributed by atoms with van der Waals surface area (Å²) in [5.41, 5.74) is 8.36. The maximum absolute atomic E-state index is 13.5. The predicted octanol–water partition coefficient (Wildman–Crippen LogP) is 2.83. The molecular weight excluding hydrogens is 217 g/mol. The molecule has 0 saturated carbocycles. The zero-order valence-electron chi connectivity index (χ0n) is 10.2. The Morgan fingerprint density at radius 3 is 2.53 bits per heavy atom.